The van der Waals surface area contributed by atoms with Crippen LogP contribution in [0.4, 0.5) is 0 Å². The fourth-order valence-corrected chi connectivity index (χ4v) is 1.62. The van der Waals surface area contributed by atoms with Crippen molar-refractivity contribution in [3.8, 4) is 0 Å². The molecule has 14 heavy (non-hydrogen) atoms. The molecule has 0 aliphatic heterocycles. The van der Waals surface area contributed by atoms with Crippen molar-refractivity contribution < 1.29 is 5.11 Å². The van der Waals surface area contributed by atoms with Crippen molar-refractivity contribution in [3.63, 3.8) is 0 Å². The molecule has 3 nitrogen and oxygen atoms in total. The Morgan fingerprint density at radius 2 is 1.57 bits per heavy atom. The molecule has 86 valence electrons. The van der Waals surface area contributed by atoms with Gasteiger partial charge in [0.05, 0.1) is 5.60 Å². The Morgan fingerprint density at radius 1 is 1.07 bits per heavy atom. The van der Waals surface area contributed by atoms with Crippen LogP contribution in [0.3, 0.4) is 0 Å². The summed E-state index contributed by atoms with van der Waals surface area (Å²) >= 11 is 0. The number of hydrogen-bond donors (Lipinski definition) is 2. The summed E-state index contributed by atoms with van der Waals surface area (Å²) in [5.41, 5.74) is -0.372. The third-order valence-corrected chi connectivity index (χ3v) is 1.91. The number of aliphatic hydroxyl groups is 1. The molecule has 0 aromatic rings. The van der Waals surface area contributed by atoms with Crippen LogP contribution in [0.25, 0.3) is 0 Å². The van der Waals surface area contributed by atoms with E-state index in [2.05, 4.69) is 38.2 Å². The zero-order valence-corrected chi connectivity index (χ0v) is 10.5. The van der Waals surface area contributed by atoms with Gasteiger partial charge in [0.2, 0.25) is 0 Å². The average molecular weight is 202 g/mol. The summed E-state index contributed by atoms with van der Waals surface area (Å²) in [7, 11) is 4.16. The predicted molar refractivity (Wildman–Crippen MR) is 61.5 cm³/mol. The summed E-state index contributed by atoms with van der Waals surface area (Å²) in [6, 6.07) is 0. The Balaban J connectivity index is 3.76. The van der Waals surface area contributed by atoms with E-state index in [9.17, 15) is 5.11 Å². The summed E-state index contributed by atoms with van der Waals surface area (Å²) in [6.45, 7) is 10.7. The smallest absolute Gasteiger partial charge is 0.0715 e. The quantitative estimate of drug-likeness (QED) is 0.673. The van der Waals surface area contributed by atoms with Crippen molar-refractivity contribution in [2.24, 2.45) is 5.41 Å². The van der Waals surface area contributed by atoms with E-state index in [4.69, 9.17) is 0 Å². The van der Waals surface area contributed by atoms with Crippen LogP contribution in [-0.4, -0.2) is 49.3 Å². The summed E-state index contributed by atoms with van der Waals surface area (Å²) in [6.07, 6.45) is 0. The minimum atomic E-state index is -0.617. The number of nitrogens with zero attached hydrogens (tertiary/aromatic N) is 1. The van der Waals surface area contributed by atoms with Crippen LogP contribution in [-0.2, 0) is 0 Å². The monoisotopic (exact) mass is 202 g/mol. The van der Waals surface area contributed by atoms with Gasteiger partial charge in [0.25, 0.3) is 0 Å². The molecule has 2 N–H and O–H groups in total. The van der Waals surface area contributed by atoms with Gasteiger partial charge in [-0.15, -0.1) is 0 Å². The fraction of sp³-hybridized carbons (Fsp3) is 1.00. The highest BCUT2D eigenvalue weighted by molar-refractivity contribution is 4.77. The molecule has 0 aliphatic carbocycles. The van der Waals surface area contributed by atoms with Gasteiger partial charge in [-0.2, -0.15) is 0 Å². The Hall–Kier alpha value is -0.120. The molecular weight excluding hydrogens is 176 g/mol. The van der Waals surface area contributed by atoms with Gasteiger partial charge in [-0.25, -0.2) is 0 Å². The summed E-state index contributed by atoms with van der Waals surface area (Å²) in [5.74, 6) is 0. The van der Waals surface area contributed by atoms with E-state index >= 15 is 0 Å². The molecule has 0 heterocycles. The van der Waals surface area contributed by atoms with Crippen molar-refractivity contribution in [1.29, 1.82) is 0 Å². The topological polar surface area (TPSA) is 35.5 Å². The molecule has 0 spiro atoms. The molecule has 0 saturated carbocycles. The molecule has 3 heteroatoms. The maximum Gasteiger partial charge on any atom is 0.0715 e. The van der Waals surface area contributed by atoms with Crippen molar-refractivity contribution in [2.75, 3.05) is 33.7 Å². The van der Waals surface area contributed by atoms with Crippen LogP contribution in [0, 0.1) is 5.41 Å². The lowest BCUT2D eigenvalue weighted by molar-refractivity contribution is 0.0757. The second-order valence-corrected chi connectivity index (χ2v) is 5.82. The van der Waals surface area contributed by atoms with E-state index in [0.29, 0.717) is 6.54 Å². The second kappa shape index (κ2) is 5.10. The highest BCUT2D eigenvalue weighted by Gasteiger charge is 2.20. The molecule has 0 aliphatic rings. The Bertz CT molecular complexity index is 159. The SMILES string of the molecule is CN(C)CC(C)(C)CNCC(C)(C)O. The zero-order chi connectivity index (χ0) is 11.4. The van der Waals surface area contributed by atoms with E-state index in [1.807, 2.05) is 13.8 Å². The van der Waals surface area contributed by atoms with Crippen LogP contribution < -0.4 is 5.32 Å². The Labute approximate surface area is 88.5 Å². The number of nitrogens with one attached hydrogen (secondary N) is 1. The molecule has 0 atom stereocenters. The van der Waals surface area contributed by atoms with Gasteiger partial charge >= 0.3 is 0 Å². The highest BCUT2D eigenvalue weighted by Crippen LogP contribution is 2.14. The van der Waals surface area contributed by atoms with E-state index in [1.165, 1.54) is 0 Å². The lowest BCUT2D eigenvalue weighted by atomic mass is 9.92. The Morgan fingerprint density at radius 3 is 1.93 bits per heavy atom. The van der Waals surface area contributed by atoms with Crippen molar-refractivity contribution in [2.45, 2.75) is 33.3 Å². The molecule has 0 amide bonds. The standard InChI is InChI=1S/C11H26N2O/c1-10(2,9-13(5)6)7-12-8-11(3,4)14/h12,14H,7-9H2,1-6H3. The lowest BCUT2D eigenvalue weighted by Crippen LogP contribution is -2.42. The molecule has 0 bridgehead atoms. The third kappa shape index (κ3) is 8.48. The first kappa shape index (κ1) is 13.9. The minimum Gasteiger partial charge on any atom is -0.389 e. The zero-order valence-electron chi connectivity index (χ0n) is 10.5. The molecule has 0 rings (SSSR count). The van der Waals surface area contributed by atoms with E-state index in [1.54, 1.807) is 0 Å². The first-order valence-electron chi connectivity index (χ1n) is 5.20. The number of hydrogen-bond acceptors (Lipinski definition) is 3. The van der Waals surface area contributed by atoms with Crippen molar-refractivity contribution >= 4 is 0 Å². The normalized spacial score (nSPS) is 13.7. The lowest BCUT2D eigenvalue weighted by Gasteiger charge is -2.30. The van der Waals surface area contributed by atoms with Crippen LogP contribution in [0.2, 0.25) is 0 Å². The van der Waals surface area contributed by atoms with Gasteiger partial charge in [-0.05, 0) is 33.4 Å². The van der Waals surface area contributed by atoms with E-state index < -0.39 is 5.60 Å². The van der Waals surface area contributed by atoms with Crippen molar-refractivity contribution in [3.05, 3.63) is 0 Å². The molecular formula is C11H26N2O. The van der Waals surface area contributed by atoms with Gasteiger partial charge in [0, 0.05) is 19.6 Å². The molecule has 0 radical (unpaired) electrons. The Kier molecular flexibility index (Phi) is 5.06. The van der Waals surface area contributed by atoms with E-state index in [0.717, 1.165) is 13.1 Å². The van der Waals surface area contributed by atoms with Crippen LogP contribution in [0.15, 0.2) is 0 Å². The maximum atomic E-state index is 9.52. The van der Waals surface area contributed by atoms with Crippen LogP contribution in [0.1, 0.15) is 27.7 Å². The summed E-state index contributed by atoms with van der Waals surface area (Å²) in [4.78, 5) is 2.19. The highest BCUT2D eigenvalue weighted by atomic mass is 16.3. The second-order valence-electron chi connectivity index (χ2n) is 5.82. The predicted octanol–water partition coefficient (Wildman–Crippen LogP) is 0.935. The van der Waals surface area contributed by atoms with Gasteiger partial charge in [0.15, 0.2) is 0 Å². The average Bonchev–Trinajstić information content (AvgIpc) is 1.78. The van der Waals surface area contributed by atoms with Gasteiger partial charge in [0.1, 0.15) is 0 Å². The molecule has 0 fully saturated rings. The van der Waals surface area contributed by atoms with Gasteiger partial charge < -0.3 is 15.3 Å². The van der Waals surface area contributed by atoms with Gasteiger partial charge in [-0.1, -0.05) is 13.8 Å². The van der Waals surface area contributed by atoms with Crippen molar-refractivity contribution in [1.82, 2.24) is 10.2 Å². The molecule has 0 aromatic carbocycles. The summed E-state index contributed by atoms with van der Waals surface area (Å²) < 4.78 is 0. The maximum absolute atomic E-state index is 9.52. The first-order valence-corrected chi connectivity index (χ1v) is 5.20. The van der Waals surface area contributed by atoms with Crippen LogP contribution >= 0.6 is 0 Å². The summed E-state index contributed by atoms with van der Waals surface area (Å²) in [5, 5.41) is 12.8. The third-order valence-electron chi connectivity index (χ3n) is 1.91. The van der Waals surface area contributed by atoms with E-state index in [-0.39, 0.29) is 5.41 Å². The number of rotatable bonds is 6. The van der Waals surface area contributed by atoms with Gasteiger partial charge in [-0.3, -0.25) is 0 Å². The fourth-order valence-electron chi connectivity index (χ4n) is 1.62. The molecule has 0 aromatic heterocycles. The molecule has 0 saturated heterocycles. The largest absolute Gasteiger partial charge is 0.389 e. The van der Waals surface area contributed by atoms with Crippen LogP contribution in [0.5, 0.6) is 0 Å². The molecule has 0 unspecified atom stereocenters. The first-order chi connectivity index (χ1) is 6.12. The minimum absolute atomic E-state index is 0.245.